The largest absolute Gasteiger partial charge is 0.480 e. The van der Waals surface area contributed by atoms with Crippen LogP contribution in [0, 0.1) is 6.92 Å². The SMILES string of the molecule is COc1ncnc2c(C)csc12. The average molecular weight is 180 g/mol. The maximum Gasteiger partial charge on any atom is 0.234 e. The van der Waals surface area contributed by atoms with Gasteiger partial charge in [0, 0.05) is 0 Å². The molecule has 0 bridgehead atoms. The summed E-state index contributed by atoms with van der Waals surface area (Å²) >= 11 is 1.62. The van der Waals surface area contributed by atoms with Gasteiger partial charge in [-0.25, -0.2) is 9.97 Å². The number of methoxy groups -OCH3 is 1. The number of ether oxygens (including phenoxy) is 1. The summed E-state index contributed by atoms with van der Waals surface area (Å²) < 4.78 is 6.13. The van der Waals surface area contributed by atoms with Crippen LogP contribution in [0.4, 0.5) is 0 Å². The third kappa shape index (κ3) is 0.956. The normalized spacial score (nSPS) is 10.5. The van der Waals surface area contributed by atoms with E-state index in [9.17, 15) is 0 Å². The lowest BCUT2D eigenvalue weighted by Crippen LogP contribution is -1.88. The summed E-state index contributed by atoms with van der Waals surface area (Å²) in [5.41, 5.74) is 2.17. The molecule has 12 heavy (non-hydrogen) atoms. The second-order valence-corrected chi connectivity index (χ2v) is 3.36. The second kappa shape index (κ2) is 2.71. The minimum Gasteiger partial charge on any atom is -0.480 e. The maximum absolute atomic E-state index is 5.10. The van der Waals surface area contributed by atoms with Crippen molar-refractivity contribution in [2.75, 3.05) is 7.11 Å². The van der Waals surface area contributed by atoms with E-state index in [0.717, 1.165) is 10.2 Å². The quantitative estimate of drug-likeness (QED) is 0.673. The Morgan fingerprint density at radius 3 is 3.00 bits per heavy atom. The molecule has 0 spiro atoms. The van der Waals surface area contributed by atoms with Crippen LogP contribution in [0.5, 0.6) is 5.88 Å². The molecule has 0 saturated carbocycles. The van der Waals surface area contributed by atoms with Crippen LogP contribution in [0.1, 0.15) is 5.56 Å². The molecule has 0 unspecified atom stereocenters. The van der Waals surface area contributed by atoms with Gasteiger partial charge in [-0.15, -0.1) is 11.3 Å². The summed E-state index contributed by atoms with van der Waals surface area (Å²) in [5, 5.41) is 2.06. The molecule has 0 N–H and O–H groups in total. The molecule has 0 saturated heterocycles. The van der Waals surface area contributed by atoms with Gasteiger partial charge in [0.05, 0.1) is 12.6 Å². The standard InChI is InChI=1S/C8H8N2OS/c1-5-3-12-7-6(5)9-4-10-8(7)11-2/h3-4H,1-2H3. The molecule has 0 aliphatic heterocycles. The predicted molar refractivity (Wildman–Crippen MR) is 48.7 cm³/mol. The van der Waals surface area contributed by atoms with E-state index in [1.54, 1.807) is 18.4 Å². The number of rotatable bonds is 1. The number of aromatic nitrogens is 2. The molecular weight excluding hydrogens is 172 g/mol. The third-order valence-electron chi connectivity index (χ3n) is 1.69. The Balaban J connectivity index is 2.81. The first kappa shape index (κ1) is 7.49. The highest BCUT2D eigenvalue weighted by Gasteiger charge is 2.06. The summed E-state index contributed by atoms with van der Waals surface area (Å²) in [4.78, 5) is 8.18. The van der Waals surface area contributed by atoms with E-state index in [2.05, 4.69) is 15.3 Å². The fraction of sp³-hybridized carbons (Fsp3) is 0.250. The monoisotopic (exact) mass is 180 g/mol. The number of nitrogens with zero attached hydrogens (tertiary/aromatic N) is 2. The number of fused-ring (bicyclic) bond motifs is 1. The Labute approximate surface area is 74.0 Å². The van der Waals surface area contributed by atoms with E-state index >= 15 is 0 Å². The lowest BCUT2D eigenvalue weighted by molar-refractivity contribution is 0.403. The second-order valence-electron chi connectivity index (χ2n) is 2.48. The van der Waals surface area contributed by atoms with Gasteiger partial charge < -0.3 is 4.74 Å². The van der Waals surface area contributed by atoms with E-state index in [1.807, 2.05) is 6.92 Å². The molecule has 62 valence electrons. The van der Waals surface area contributed by atoms with Crippen LogP contribution in [0.2, 0.25) is 0 Å². The molecule has 2 rings (SSSR count). The van der Waals surface area contributed by atoms with Crippen molar-refractivity contribution in [2.45, 2.75) is 6.92 Å². The fourth-order valence-electron chi connectivity index (χ4n) is 1.09. The zero-order valence-corrected chi connectivity index (χ0v) is 7.68. The first-order valence-corrected chi connectivity index (χ1v) is 4.43. The van der Waals surface area contributed by atoms with Crippen molar-refractivity contribution < 1.29 is 4.74 Å². The number of aryl methyl sites for hydroxylation is 1. The van der Waals surface area contributed by atoms with Gasteiger partial charge in [-0.05, 0) is 17.9 Å². The van der Waals surface area contributed by atoms with E-state index in [0.29, 0.717) is 5.88 Å². The van der Waals surface area contributed by atoms with E-state index in [-0.39, 0.29) is 0 Å². The number of hydrogen-bond donors (Lipinski definition) is 0. The van der Waals surface area contributed by atoms with Crippen LogP contribution in [-0.2, 0) is 0 Å². The van der Waals surface area contributed by atoms with Gasteiger partial charge >= 0.3 is 0 Å². The molecular formula is C8H8N2OS. The molecule has 2 aromatic rings. The van der Waals surface area contributed by atoms with Gasteiger partial charge in [-0.2, -0.15) is 0 Å². The van der Waals surface area contributed by atoms with Crippen LogP contribution in [0.3, 0.4) is 0 Å². The Bertz CT molecular complexity index is 410. The van der Waals surface area contributed by atoms with Crippen molar-refractivity contribution in [3.05, 3.63) is 17.3 Å². The Kier molecular flexibility index (Phi) is 1.69. The average Bonchev–Trinajstić information content (AvgIpc) is 2.48. The van der Waals surface area contributed by atoms with E-state index < -0.39 is 0 Å². The van der Waals surface area contributed by atoms with Gasteiger partial charge in [0.25, 0.3) is 0 Å². The van der Waals surface area contributed by atoms with Crippen LogP contribution < -0.4 is 4.74 Å². The van der Waals surface area contributed by atoms with Crippen LogP contribution >= 0.6 is 11.3 Å². The molecule has 0 atom stereocenters. The topological polar surface area (TPSA) is 35.0 Å². The van der Waals surface area contributed by atoms with Crippen molar-refractivity contribution >= 4 is 21.6 Å². The Morgan fingerprint density at radius 2 is 2.25 bits per heavy atom. The highest BCUT2D eigenvalue weighted by Crippen LogP contribution is 2.29. The van der Waals surface area contributed by atoms with Crippen molar-refractivity contribution in [1.82, 2.24) is 9.97 Å². The molecule has 0 aliphatic carbocycles. The summed E-state index contributed by atoms with van der Waals surface area (Å²) in [6.45, 7) is 2.03. The van der Waals surface area contributed by atoms with Crippen molar-refractivity contribution in [1.29, 1.82) is 0 Å². The maximum atomic E-state index is 5.10. The molecule has 2 heterocycles. The summed E-state index contributed by atoms with van der Waals surface area (Å²) in [5.74, 6) is 0.665. The highest BCUT2D eigenvalue weighted by molar-refractivity contribution is 7.17. The lowest BCUT2D eigenvalue weighted by atomic mass is 10.3. The van der Waals surface area contributed by atoms with Gasteiger partial charge in [-0.1, -0.05) is 0 Å². The summed E-state index contributed by atoms with van der Waals surface area (Å²) in [6, 6.07) is 0. The molecule has 0 aliphatic rings. The minimum absolute atomic E-state index is 0.665. The molecule has 0 radical (unpaired) electrons. The minimum atomic E-state index is 0.665. The van der Waals surface area contributed by atoms with Gasteiger partial charge in [0.1, 0.15) is 11.0 Å². The van der Waals surface area contributed by atoms with Gasteiger partial charge in [-0.3, -0.25) is 0 Å². The van der Waals surface area contributed by atoms with Crippen LogP contribution in [0.15, 0.2) is 11.7 Å². The Hall–Kier alpha value is -1.16. The molecule has 2 aromatic heterocycles. The molecule has 4 heteroatoms. The Morgan fingerprint density at radius 1 is 1.42 bits per heavy atom. The smallest absolute Gasteiger partial charge is 0.234 e. The lowest BCUT2D eigenvalue weighted by Gasteiger charge is -1.97. The van der Waals surface area contributed by atoms with Crippen LogP contribution in [0.25, 0.3) is 10.2 Å². The first-order chi connectivity index (χ1) is 5.83. The number of thiophene rings is 1. The first-order valence-electron chi connectivity index (χ1n) is 3.55. The highest BCUT2D eigenvalue weighted by atomic mass is 32.1. The molecule has 0 aromatic carbocycles. The molecule has 0 fully saturated rings. The van der Waals surface area contributed by atoms with E-state index in [1.165, 1.54) is 11.9 Å². The van der Waals surface area contributed by atoms with Crippen molar-refractivity contribution in [3.63, 3.8) is 0 Å². The van der Waals surface area contributed by atoms with Crippen molar-refractivity contribution in [3.8, 4) is 5.88 Å². The van der Waals surface area contributed by atoms with Gasteiger partial charge in [0.2, 0.25) is 5.88 Å². The van der Waals surface area contributed by atoms with Crippen molar-refractivity contribution in [2.24, 2.45) is 0 Å². The van der Waals surface area contributed by atoms with Gasteiger partial charge in [0.15, 0.2) is 0 Å². The molecule has 0 amide bonds. The van der Waals surface area contributed by atoms with Crippen LogP contribution in [-0.4, -0.2) is 17.1 Å². The predicted octanol–water partition coefficient (Wildman–Crippen LogP) is 2.01. The molecule has 3 nitrogen and oxygen atoms in total. The zero-order valence-electron chi connectivity index (χ0n) is 6.87. The summed E-state index contributed by atoms with van der Waals surface area (Å²) in [7, 11) is 1.62. The fourth-order valence-corrected chi connectivity index (χ4v) is 2.06. The third-order valence-corrected chi connectivity index (χ3v) is 2.77. The number of hydrogen-bond acceptors (Lipinski definition) is 4. The summed E-state index contributed by atoms with van der Waals surface area (Å²) in [6.07, 6.45) is 1.53. The zero-order chi connectivity index (χ0) is 8.55. The van der Waals surface area contributed by atoms with E-state index in [4.69, 9.17) is 4.74 Å².